The number of carbonyl (C=O) groups excluding carboxylic acids is 1. The summed E-state index contributed by atoms with van der Waals surface area (Å²) in [5.74, 6) is 1.07. The lowest BCUT2D eigenvalue weighted by Gasteiger charge is -2.17. The van der Waals surface area contributed by atoms with Gasteiger partial charge < -0.3 is 15.0 Å². The predicted octanol–water partition coefficient (Wildman–Crippen LogP) is 2.49. The summed E-state index contributed by atoms with van der Waals surface area (Å²) in [7, 11) is 3.53. The lowest BCUT2D eigenvalue weighted by Crippen LogP contribution is -2.27. The standard InChI is InChI=1S/C21H23N5O2/c1-26(14-10-16-7-11-22-12-8-16)21-23-13-9-19(25-21)20(27)24-15-17-3-5-18(28-2)6-4-17/h3-9,11-13H,10,14-15H2,1-2H3,(H,24,27). The lowest BCUT2D eigenvalue weighted by atomic mass is 10.2. The molecule has 0 aliphatic heterocycles. The third-order valence-corrected chi connectivity index (χ3v) is 4.31. The molecule has 7 heteroatoms. The second-order valence-electron chi connectivity index (χ2n) is 6.30. The molecule has 144 valence electrons. The van der Waals surface area contributed by atoms with E-state index in [1.54, 1.807) is 31.8 Å². The lowest BCUT2D eigenvalue weighted by molar-refractivity contribution is 0.0946. The third kappa shape index (κ3) is 5.26. The summed E-state index contributed by atoms with van der Waals surface area (Å²) in [6.45, 7) is 1.15. The van der Waals surface area contributed by atoms with Crippen molar-refractivity contribution in [1.82, 2.24) is 20.3 Å². The number of rotatable bonds is 8. The van der Waals surface area contributed by atoms with Crippen LogP contribution in [-0.4, -0.2) is 41.6 Å². The van der Waals surface area contributed by atoms with Crippen molar-refractivity contribution in [2.45, 2.75) is 13.0 Å². The van der Waals surface area contributed by atoms with Gasteiger partial charge in [-0.25, -0.2) is 9.97 Å². The van der Waals surface area contributed by atoms with E-state index in [1.165, 1.54) is 5.56 Å². The van der Waals surface area contributed by atoms with E-state index in [9.17, 15) is 4.79 Å². The van der Waals surface area contributed by atoms with E-state index < -0.39 is 0 Å². The number of ether oxygens (including phenoxy) is 1. The molecule has 0 fully saturated rings. The molecule has 0 unspecified atom stereocenters. The number of pyridine rings is 1. The van der Waals surface area contributed by atoms with Gasteiger partial charge in [-0.2, -0.15) is 0 Å². The van der Waals surface area contributed by atoms with Crippen molar-refractivity contribution in [1.29, 1.82) is 0 Å². The van der Waals surface area contributed by atoms with Crippen LogP contribution in [0.25, 0.3) is 0 Å². The minimum Gasteiger partial charge on any atom is -0.497 e. The van der Waals surface area contributed by atoms with Crippen molar-refractivity contribution in [3.8, 4) is 5.75 Å². The van der Waals surface area contributed by atoms with Gasteiger partial charge in [0.2, 0.25) is 5.95 Å². The van der Waals surface area contributed by atoms with Gasteiger partial charge in [0.15, 0.2) is 0 Å². The zero-order valence-corrected chi connectivity index (χ0v) is 16.0. The highest BCUT2D eigenvalue weighted by Gasteiger charge is 2.11. The monoisotopic (exact) mass is 377 g/mol. The normalized spacial score (nSPS) is 10.4. The Morgan fingerprint density at radius 2 is 1.79 bits per heavy atom. The number of nitrogens with zero attached hydrogens (tertiary/aromatic N) is 4. The predicted molar refractivity (Wildman–Crippen MR) is 107 cm³/mol. The zero-order chi connectivity index (χ0) is 19.8. The Morgan fingerprint density at radius 3 is 2.50 bits per heavy atom. The average molecular weight is 377 g/mol. The Kier molecular flexibility index (Phi) is 6.51. The molecule has 0 saturated carbocycles. The highest BCUT2D eigenvalue weighted by atomic mass is 16.5. The number of likely N-dealkylation sites (N-methyl/N-ethyl adjacent to an activating group) is 1. The Labute approximate surface area is 164 Å². The van der Waals surface area contributed by atoms with Gasteiger partial charge in [-0.1, -0.05) is 12.1 Å². The maximum absolute atomic E-state index is 12.4. The number of nitrogens with one attached hydrogen (secondary N) is 1. The quantitative estimate of drug-likeness (QED) is 0.650. The molecule has 0 aliphatic carbocycles. The first-order chi connectivity index (χ1) is 13.7. The van der Waals surface area contributed by atoms with E-state index in [1.807, 2.05) is 48.3 Å². The maximum Gasteiger partial charge on any atom is 0.270 e. The molecule has 1 N–H and O–H groups in total. The van der Waals surface area contributed by atoms with Crippen LogP contribution in [0.3, 0.4) is 0 Å². The molecule has 0 atom stereocenters. The third-order valence-electron chi connectivity index (χ3n) is 4.31. The Morgan fingerprint density at radius 1 is 1.04 bits per heavy atom. The molecule has 0 bridgehead atoms. The summed E-state index contributed by atoms with van der Waals surface area (Å²) in [4.78, 5) is 27.1. The van der Waals surface area contributed by atoms with Crippen LogP contribution in [0.5, 0.6) is 5.75 Å². The maximum atomic E-state index is 12.4. The number of aromatic nitrogens is 3. The van der Waals surface area contributed by atoms with E-state index in [-0.39, 0.29) is 5.91 Å². The van der Waals surface area contributed by atoms with Crippen molar-refractivity contribution >= 4 is 11.9 Å². The van der Waals surface area contributed by atoms with Crippen molar-refractivity contribution in [3.05, 3.63) is 77.9 Å². The fraction of sp³-hybridized carbons (Fsp3) is 0.238. The van der Waals surface area contributed by atoms with Gasteiger partial charge in [0, 0.05) is 38.7 Å². The number of hydrogen-bond acceptors (Lipinski definition) is 6. The van der Waals surface area contributed by atoms with Crippen LogP contribution >= 0.6 is 0 Å². The second kappa shape index (κ2) is 9.45. The summed E-state index contributed by atoms with van der Waals surface area (Å²) in [5, 5.41) is 2.88. The number of hydrogen-bond donors (Lipinski definition) is 1. The molecule has 2 aromatic heterocycles. The fourth-order valence-corrected chi connectivity index (χ4v) is 2.62. The SMILES string of the molecule is COc1ccc(CNC(=O)c2ccnc(N(C)CCc3ccncc3)n2)cc1. The molecule has 7 nitrogen and oxygen atoms in total. The molecular formula is C21H23N5O2. The zero-order valence-electron chi connectivity index (χ0n) is 16.0. The van der Waals surface area contributed by atoms with Crippen LogP contribution in [0.4, 0.5) is 5.95 Å². The Hall–Kier alpha value is -3.48. The van der Waals surface area contributed by atoms with Crippen molar-refractivity contribution in [2.75, 3.05) is 25.6 Å². The van der Waals surface area contributed by atoms with E-state index >= 15 is 0 Å². The van der Waals surface area contributed by atoms with E-state index in [4.69, 9.17) is 4.74 Å². The first kappa shape index (κ1) is 19.3. The van der Waals surface area contributed by atoms with Crippen molar-refractivity contribution < 1.29 is 9.53 Å². The molecule has 0 radical (unpaired) electrons. The number of carbonyl (C=O) groups is 1. The van der Waals surface area contributed by atoms with E-state index in [0.29, 0.717) is 18.2 Å². The van der Waals surface area contributed by atoms with E-state index in [0.717, 1.165) is 24.3 Å². The van der Waals surface area contributed by atoms with Gasteiger partial charge in [0.1, 0.15) is 11.4 Å². The minimum absolute atomic E-state index is 0.234. The summed E-state index contributed by atoms with van der Waals surface area (Å²) in [6, 6.07) is 13.1. The Balaban J connectivity index is 1.57. The van der Waals surface area contributed by atoms with Crippen molar-refractivity contribution in [2.24, 2.45) is 0 Å². The topological polar surface area (TPSA) is 80.2 Å². The molecule has 0 aliphatic rings. The van der Waals surface area contributed by atoms with Gasteiger partial charge in [-0.15, -0.1) is 0 Å². The van der Waals surface area contributed by atoms with Crippen LogP contribution in [0.1, 0.15) is 21.6 Å². The number of methoxy groups -OCH3 is 1. The van der Waals surface area contributed by atoms with Crippen molar-refractivity contribution in [3.63, 3.8) is 0 Å². The molecule has 1 amide bonds. The van der Waals surface area contributed by atoms with Crippen LogP contribution in [0, 0.1) is 0 Å². The average Bonchev–Trinajstić information content (AvgIpc) is 2.77. The van der Waals surface area contributed by atoms with Gasteiger partial charge in [-0.05, 0) is 47.9 Å². The summed E-state index contributed by atoms with van der Waals surface area (Å²) in [6.07, 6.45) is 6.00. The van der Waals surface area contributed by atoms with Crippen LogP contribution in [0.15, 0.2) is 61.1 Å². The smallest absolute Gasteiger partial charge is 0.270 e. The molecule has 2 heterocycles. The first-order valence-electron chi connectivity index (χ1n) is 9.00. The molecular weight excluding hydrogens is 354 g/mol. The highest BCUT2D eigenvalue weighted by molar-refractivity contribution is 5.92. The summed E-state index contributed by atoms with van der Waals surface area (Å²) < 4.78 is 5.14. The largest absolute Gasteiger partial charge is 0.497 e. The molecule has 0 spiro atoms. The molecule has 28 heavy (non-hydrogen) atoms. The number of anilines is 1. The Bertz CT molecular complexity index is 900. The molecule has 3 aromatic rings. The van der Waals surface area contributed by atoms with Gasteiger partial charge >= 0.3 is 0 Å². The minimum atomic E-state index is -0.234. The summed E-state index contributed by atoms with van der Waals surface area (Å²) in [5.41, 5.74) is 2.52. The number of amides is 1. The van der Waals surface area contributed by atoms with Crippen LogP contribution in [-0.2, 0) is 13.0 Å². The first-order valence-corrected chi connectivity index (χ1v) is 9.00. The molecule has 0 saturated heterocycles. The van der Waals surface area contributed by atoms with Gasteiger partial charge in [-0.3, -0.25) is 9.78 Å². The summed E-state index contributed by atoms with van der Waals surface area (Å²) >= 11 is 0. The van der Waals surface area contributed by atoms with Gasteiger partial charge in [0.05, 0.1) is 7.11 Å². The van der Waals surface area contributed by atoms with Crippen LogP contribution in [0.2, 0.25) is 0 Å². The molecule has 3 rings (SSSR count). The van der Waals surface area contributed by atoms with Crippen LogP contribution < -0.4 is 15.0 Å². The van der Waals surface area contributed by atoms with E-state index in [2.05, 4.69) is 20.3 Å². The number of benzene rings is 1. The fourth-order valence-electron chi connectivity index (χ4n) is 2.62. The van der Waals surface area contributed by atoms with Gasteiger partial charge in [0.25, 0.3) is 5.91 Å². The molecule has 1 aromatic carbocycles. The second-order valence-corrected chi connectivity index (χ2v) is 6.30. The highest BCUT2D eigenvalue weighted by Crippen LogP contribution is 2.11.